The first-order valence-corrected chi connectivity index (χ1v) is 10.7. The first-order valence-electron chi connectivity index (χ1n) is 8.05. The molecule has 2 N–H and O–H groups in total. The van der Waals surface area contributed by atoms with Crippen LogP contribution in [0.4, 0.5) is 13.2 Å². The van der Waals surface area contributed by atoms with Crippen LogP contribution in [0.5, 0.6) is 0 Å². The molecule has 1 heterocycles. The lowest BCUT2D eigenvalue weighted by Gasteiger charge is -2.09. The number of nitrogens with zero attached hydrogens (tertiary/aromatic N) is 2. The van der Waals surface area contributed by atoms with Gasteiger partial charge in [-0.1, -0.05) is 40.2 Å². The quantitative estimate of drug-likeness (QED) is 0.565. The van der Waals surface area contributed by atoms with Gasteiger partial charge in [0.05, 0.1) is 16.3 Å². The first kappa shape index (κ1) is 20.6. The molecule has 0 radical (unpaired) electrons. The van der Waals surface area contributed by atoms with E-state index in [0.29, 0.717) is 5.56 Å². The lowest BCUT2D eigenvalue weighted by atomic mass is 10.1. The predicted molar refractivity (Wildman–Crippen MR) is 103 cm³/mol. The molecule has 0 unspecified atom stereocenters. The van der Waals surface area contributed by atoms with E-state index in [1.54, 1.807) is 12.1 Å². The Labute approximate surface area is 168 Å². The second kappa shape index (κ2) is 7.69. The van der Waals surface area contributed by atoms with Crippen LogP contribution in [0.1, 0.15) is 11.3 Å². The van der Waals surface area contributed by atoms with Crippen molar-refractivity contribution < 1.29 is 21.6 Å². The summed E-state index contributed by atoms with van der Waals surface area (Å²) in [4.78, 5) is -0.139. The average molecular weight is 474 g/mol. The van der Waals surface area contributed by atoms with E-state index >= 15 is 0 Å². The fraction of sp³-hybridized carbons (Fsp3) is 0.167. The molecule has 0 saturated heterocycles. The third kappa shape index (κ3) is 4.45. The van der Waals surface area contributed by atoms with E-state index in [1.165, 1.54) is 24.3 Å². The van der Waals surface area contributed by atoms with Gasteiger partial charge >= 0.3 is 6.18 Å². The van der Waals surface area contributed by atoms with Crippen LogP contribution in [0.2, 0.25) is 0 Å². The van der Waals surface area contributed by atoms with Crippen molar-refractivity contribution in [1.29, 1.82) is 0 Å². The number of rotatable bonds is 5. The summed E-state index contributed by atoms with van der Waals surface area (Å²) in [6.07, 6.45) is -3.82. The molecule has 3 aromatic rings. The van der Waals surface area contributed by atoms with Crippen molar-refractivity contribution in [3.05, 3.63) is 65.9 Å². The maximum atomic E-state index is 13.2. The molecule has 0 spiro atoms. The Morgan fingerprint density at radius 3 is 2.14 bits per heavy atom. The number of primary sulfonamides is 1. The summed E-state index contributed by atoms with van der Waals surface area (Å²) in [5.41, 5.74) is 1.07. The van der Waals surface area contributed by atoms with Gasteiger partial charge in [-0.05, 0) is 42.3 Å². The van der Waals surface area contributed by atoms with Crippen molar-refractivity contribution in [2.45, 2.75) is 17.5 Å². The first-order chi connectivity index (χ1) is 13.1. The van der Waals surface area contributed by atoms with E-state index in [1.807, 2.05) is 12.1 Å². The molecule has 1 aromatic heterocycles. The standard InChI is InChI=1S/C18H15BrF3N3O2S/c19-10-9-12-1-3-13(4-2-12)16-11-17(18(20,21)22)24-25(16)14-5-7-15(8-6-14)28(23,26)27/h1-8,11H,9-10H2,(H2,23,26,27). The van der Waals surface area contributed by atoms with Gasteiger partial charge in [-0.3, -0.25) is 0 Å². The van der Waals surface area contributed by atoms with Crippen molar-refractivity contribution in [1.82, 2.24) is 9.78 Å². The number of alkyl halides is 4. The Balaban J connectivity index is 2.10. The monoisotopic (exact) mass is 473 g/mol. The normalized spacial score (nSPS) is 12.3. The lowest BCUT2D eigenvalue weighted by molar-refractivity contribution is -0.141. The smallest absolute Gasteiger partial charge is 0.233 e. The highest BCUT2D eigenvalue weighted by Crippen LogP contribution is 2.33. The summed E-state index contributed by atoms with van der Waals surface area (Å²) in [5.74, 6) is 0. The van der Waals surface area contributed by atoms with Crippen LogP contribution in [0.3, 0.4) is 0 Å². The molecular weight excluding hydrogens is 459 g/mol. The highest BCUT2D eigenvalue weighted by molar-refractivity contribution is 9.09. The molecule has 2 aromatic carbocycles. The Kier molecular flexibility index (Phi) is 5.64. The number of nitrogens with two attached hydrogens (primary N) is 1. The molecule has 28 heavy (non-hydrogen) atoms. The number of aromatic nitrogens is 2. The van der Waals surface area contributed by atoms with Crippen LogP contribution in [0.25, 0.3) is 16.9 Å². The van der Waals surface area contributed by atoms with Crippen molar-refractivity contribution >= 4 is 26.0 Å². The second-order valence-electron chi connectivity index (χ2n) is 6.00. The molecule has 0 fully saturated rings. The van der Waals surface area contributed by atoms with E-state index in [4.69, 9.17) is 5.14 Å². The van der Waals surface area contributed by atoms with Gasteiger partial charge in [0.1, 0.15) is 0 Å². The Morgan fingerprint density at radius 2 is 1.64 bits per heavy atom. The third-order valence-electron chi connectivity index (χ3n) is 4.04. The van der Waals surface area contributed by atoms with Crippen molar-refractivity contribution in [2.24, 2.45) is 5.14 Å². The average Bonchev–Trinajstić information content (AvgIpc) is 3.08. The van der Waals surface area contributed by atoms with E-state index in [9.17, 15) is 21.6 Å². The van der Waals surface area contributed by atoms with Gasteiger partial charge in [-0.25, -0.2) is 18.2 Å². The minimum absolute atomic E-state index is 0.139. The van der Waals surface area contributed by atoms with Crippen LogP contribution >= 0.6 is 15.9 Å². The number of sulfonamides is 1. The molecule has 0 aliphatic heterocycles. The van der Waals surface area contributed by atoms with Crippen molar-refractivity contribution in [2.75, 3.05) is 5.33 Å². The van der Waals surface area contributed by atoms with Gasteiger partial charge in [0.2, 0.25) is 10.0 Å². The highest BCUT2D eigenvalue weighted by atomic mass is 79.9. The Hall–Kier alpha value is -2.17. The lowest BCUT2D eigenvalue weighted by Crippen LogP contribution is -2.12. The van der Waals surface area contributed by atoms with Crippen LogP contribution in [-0.2, 0) is 22.6 Å². The molecule has 10 heteroatoms. The summed E-state index contributed by atoms with van der Waals surface area (Å²) >= 11 is 3.35. The van der Waals surface area contributed by atoms with Crippen molar-refractivity contribution in [3.8, 4) is 16.9 Å². The second-order valence-corrected chi connectivity index (χ2v) is 8.35. The van der Waals surface area contributed by atoms with Crippen LogP contribution in [-0.4, -0.2) is 23.5 Å². The van der Waals surface area contributed by atoms with Crippen molar-refractivity contribution in [3.63, 3.8) is 0 Å². The van der Waals surface area contributed by atoms with Crippen LogP contribution in [0, 0.1) is 0 Å². The van der Waals surface area contributed by atoms with Gasteiger partial charge in [-0.2, -0.15) is 18.3 Å². The van der Waals surface area contributed by atoms with E-state index in [2.05, 4.69) is 21.0 Å². The minimum atomic E-state index is -4.61. The van der Waals surface area contributed by atoms with Gasteiger partial charge in [0.15, 0.2) is 5.69 Å². The summed E-state index contributed by atoms with van der Waals surface area (Å²) in [5, 5.41) is 9.52. The molecule has 0 aliphatic rings. The summed E-state index contributed by atoms with van der Waals surface area (Å²) in [7, 11) is -3.91. The minimum Gasteiger partial charge on any atom is -0.233 e. The summed E-state index contributed by atoms with van der Waals surface area (Å²) < 4.78 is 63.6. The van der Waals surface area contributed by atoms with Gasteiger partial charge in [0, 0.05) is 10.9 Å². The molecular formula is C18H15BrF3N3O2S. The maximum absolute atomic E-state index is 13.2. The number of aryl methyl sites for hydroxylation is 1. The predicted octanol–water partition coefficient (Wildman–Crippen LogP) is 4.14. The van der Waals surface area contributed by atoms with Gasteiger partial charge < -0.3 is 0 Å². The van der Waals surface area contributed by atoms with Crippen LogP contribution < -0.4 is 5.14 Å². The summed E-state index contributed by atoms with van der Waals surface area (Å²) in [6, 6.07) is 13.3. The van der Waals surface area contributed by atoms with Gasteiger partial charge in [-0.15, -0.1) is 0 Å². The fourth-order valence-corrected chi connectivity index (χ4v) is 3.62. The number of hydrogen-bond donors (Lipinski definition) is 1. The summed E-state index contributed by atoms with van der Waals surface area (Å²) in [6.45, 7) is 0. The highest BCUT2D eigenvalue weighted by Gasteiger charge is 2.35. The van der Waals surface area contributed by atoms with E-state index in [-0.39, 0.29) is 16.3 Å². The third-order valence-corrected chi connectivity index (χ3v) is 5.37. The number of halogens is 4. The molecule has 0 saturated carbocycles. The zero-order valence-electron chi connectivity index (χ0n) is 14.3. The molecule has 3 rings (SSSR count). The molecule has 0 bridgehead atoms. The molecule has 0 aliphatic carbocycles. The largest absolute Gasteiger partial charge is 0.435 e. The topological polar surface area (TPSA) is 78.0 Å². The molecule has 0 atom stereocenters. The molecule has 148 valence electrons. The molecule has 0 amide bonds. The number of hydrogen-bond acceptors (Lipinski definition) is 3. The van der Waals surface area contributed by atoms with E-state index in [0.717, 1.165) is 28.1 Å². The SMILES string of the molecule is NS(=O)(=O)c1ccc(-n2nc(C(F)(F)F)cc2-c2ccc(CCBr)cc2)cc1. The zero-order valence-corrected chi connectivity index (χ0v) is 16.7. The Bertz CT molecular complexity index is 1080. The number of benzene rings is 2. The van der Waals surface area contributed by atoms with E-state index < -0.39 is 21.9 Å². The fourth-order valence-electron chi connectivity index (χ4n) is 2.65. The maximum Gasteiger partial charge on any atom is 0.435 e. The van der Waals surface area contributed by atoms with Gasteiger partial charge in [0.25, 0.3) is 0 Å². The zero-order chi connectivity index (χ0) is 20.5. The Morgan fingerprint density at radius 1 is 1.04 bits per heavy atom. The van der Waals surface area contributed by atoms with Crippen LogP contribution in [0.15, 0.2) is 59.5 Å². The molecule has 5 nitrogen and oxygen atoms in total.